The quantitative estimate of drug-likeness (QED) is 0.882. The van der Waals surface area contributed by atoms with E-state index in [1.807, 2.05) is 0 Å². The van der Waals surface area contributed by atoms with E-state index in [0.29, 0.717) is 5.69 Å². The molecule has 0 fully saturated rings. The van der Waals surface area contributed by atoms with E-state index in [4.69, 9.17) is 16.7 Å². The number of carboxylic acids is 1. The zero-order chi connectivity index (χ0) is 14.7. The number of rotatable bonds is 3. The van der Waals surface area contributed by atoms with Gasteiger partial charge >= 0.3 is 5.97 Å². The highest BCUT2D eigenvalue weighted by molar-refractivity contribution is 6.33. The fraction of sp³-hybridized carbons (Fsp3) is 0.0714. The number of aromatic nitrogens is 1. The fourth-order valence-electron chi connectivity index (χ4n) is 1.69. The van der Waals surface area contributed by atoms with Crippen LogP contribution in [0.5, 0.6) is 0 Å². The van der Waals surface area contributed by atoms with Gasteiger partial charge in [0.05, 0.1) is 11.1 Å². The molecule has 1 amide bonds. The number of benzene rings is 1. The molecule has 0 saturated carbocycles. The SMILES string of the molecule is CN(C(=O)c1cccnc1Cl)c1cccc(C(=O)O)c1. The number of carbonyl (C=O) groups excluding carboxylic acids is 1. The Morgan fingerprint density at radius 3 is 2.65 bits per heavy atom. The number of hydrogen-bond acceptors (Lipinski definition) is 3. The van der Waals surface area contributed by atoms with E-state index in [2.05, 4.69) is 4.98 Å². The number of halogens is 1. The predicted octanol–water partition coefficient (Wildman–Crippen LogP) is 2.71. The second kappa shape index (κ2) is 5.71. The van der Waals surface area contributed by atoms with Crippen LogP contribution in [0.3, 0.4) is 0 Å². The van der Waals surface area contributed by atoms with Gasteiger partial charge in [-0.15, -0.1) is 0 Å². The predicted molar refractivity (Wildman–Crippen MR) is 75.4 cm³/mol. The minimum atomic E-state index is -1.05. The van der Waals surface area contributed by atoms with E-state index in [9.17, 15) is 9.59 Å². The second-order valence-electron chi connectivity index (χ2n) is 4.06. The molecule has 0 unspecified atom stereocenters. The molecular weight excluding hydrogens is 280 g/mol. The van der Waals surface area contributed by atoms with E-state index in [1.165, 1.54) is 23.2 Å². The van der Waals surface area contributed by atoms with Crippen LogP contribution >= 0.6 is 11.6 Å². The van der Waals surface area contributed by atoms with Gasteiger partial charge < -0.3 is 10.0 Å². The molecule has 1 aromatic carbocycles. The topological polar surface area (TPSA) is 70.5 Å². The normalized spacial score (nSPS) is 10.1. The highest BCUT2D eigenvalue weighted by atomic mass is 35.5. The van der Waals surface area contributed by atoms with Crippen molar-refractivity contribution in [2.75, 3.05) is 11.9 Å². The molecule has 2 aromatic rings. The summed E-state index contributed by atoms with van der Waals surface area (Å²) in [5, 5.41) is 9.07. The summed E-state index contributed by atoms with van der Waals surface area (Å²) in [6.07, 6.45) is 1.49. The lowest BCUT2D eigenvalue weighted by Crippen LogP contribution is -2.26. The van der Waals surface area contributed by atoms with Crippen molar-refractivity contribution in [1.82, 2.24) is 4.98 Å². The van der Waals surface area contributed by atoms with Crippen LogP contribution in [-0.4, -0.2) is 29.0 Å². The van der Waals surface area contributed by atoms with Crippen LogP contribution in [-0.2, 0) is 0 Å². The molecule has 5 nitrogen and oxygen atoms in total. The van der Waals surface area contributed by atoms with Crippen molar-refractivity contribution in [3.8, 4) is 0 Å². The van der Waals surface area contributed by atoms with Crippen molar-refractivity contribution in [1.29, 1.82) is 0 Å². The smallest absolute Gasteiger partial charge is 0.335 e. The zero-order valence-electron chi connectivity index (χ0n) is 10.6. The Morgan fingerprint density at radius 2 is 2.00 bits per heavy atom. The van der Waals surface area contributed by atoms with Gasteiger partial charge in [-0.1, -0.05) is 17.7 Å². The van der Waals surface area contributed by atoms with Gasteiger partial charge in [0.2, 0.25) is 0 Å². The van der Waals surface area contributed by atoms with Crippen LogP contribution < -0.4 is 4.90 Å². The standard InChI is InChI=1S/C14H11ClN2O3/c1-17(10-5-2-4-9(8-10)14(19)20)13(18)11-6-3-7-16-12(11)15/h2-8H,1H3,(H,19,20). The number of nitrogens with zero attached hydrogens (tertiary/aromatic N) is 2. The molecule has 1 N–H and O–H groups in total. The van der Waals surface area contributed by atoms with Crippen molar-refractivity contribution in [3.05, 3.63) is 58.9 Å². The molecule has 0 saturated heterocycles. The van der Waals surface area contributed by atoms with Gasteiger partial charge in [0.25, 0.3) is 5.91 Å². The van der Waals surface area contributed by atoms with E-state index in [-0.39, 0.29) is 22.2 Å². The Morgan fingerprint density at radius 1 is 1.25 bits per heavy atom. The van der Waals surface area contributed by atoms with Crippen molar-refractivity contribution >= 4 is 29.2 Å². The van der Waals surface area contributed by atoms with E-state index in [0.717, 1.165) is 0 Å². The van der Waals surface area contributed by atoms with Gasteiger partial charge in [0.1, 0.15) is 5.15 Å². The maximum atomic E-state index is 12.3. The highest BCUT2D eigenvalue weighted by Crippen LogP contribution is 2.20. The summed E-state index contributed by atoms with van der Waals surface area (Å²) in [5.41, 5.74) is 0.839. The number of amides is 1. The summed E-state index contributed by atoms with van der Waals surface area (Å²) < 4.78 is 0. The number of carbonyl (C=O) groups is 2. The summed E-state index contributed by atoms with van der Waals surface area (Å²) in [4.78, 5) is 28.4. The Bertz CT molecular complexity index is 673. The second-order valence-corrected chi connectivity index (χ2v) is 4.42. The lowest BCUT2D eigenvalue weighted by Gasteiger charge is -2.18. The largest absolute Gasteiger partial charge is 0.478 e. The minimum absolute atomic E-state index is 0.110. The highest BCUT2D eigenvalue weighted by Gasteiger charge is 2.17. The van der Waals surface area contributed by atoms with Crippen LogP contribution in [0.15, 0.2) is 42.6 Å². The molecule has 0 aliphatic carbocycles. The monoisotopic (exact) mass is 290 g/mol. The van der Waals surface area contributed by atoms with Gasteiger partial charge in [-0.2, -0.15) is 0 Å². The molecule has 0 spiro atoms. The zero-order valence-corrected chi connectivity index (χ0v) is 11.3. The third kappa shape index (κ3) is 2.78. The molecule has 1 aromatic heterocycles. The number of anilines is 1. The van der Waals surface area contributed by atoms with Gasteiger partial charge in [0.15, 0.2) is 0 Å². The van der Waals surface area contributed by atoms with E-state index >= 15 is 0 Å². The summed E-state index contributed by atoms with van der Waals surface area (Å²) in [5.74, 6) is -1.40. The minimum Gasteiger partial charge on any atom is -0.478 e. The summed E-state index contributed by atoms with van der Waals surface area (Å²) in [6, 6.07) is 9.28. The molecule has 0 aliphatic rings. The lowest BCUT2D eigenvalue weighted by molar-refractivity contribution is 0.0696. The van der Waals surface area contributed by atoms with Gasteiger partial charge in [-0.05, 0) is 30.3 Å². The average molecular weight is 291 g/mol. The number of aromatic carboxylic acids is 1. The summed E-state index contributed by atoms with van der Waals surface area (Å²) in [6.45, 7) is 0. The first-order valence-corrected chi connectivity index (χ1v) is 6.10. The average Bonchev–Trinajstić information content (AvgIpc) is 2.46. The number of carboxylic acid groups (broad SMARTS) is 1. The molecule has 2 rings (SSSR count). The van der Waals surface area contributed by atoms with Gasteiger partial charge in [0, 0.05) is 18.9 Å². The van der Waals surface area contributed by atoms with Crippen LogP contribution in [0.4, 0.5) is 5.69 Å². The molecule has 6 heteroatoms. The van der Waals surface area contributed by atoms with E-state index in [1.54, 1.807) is 31.3 Å². The first-order chi connectivity index (χ1) is 9.50. The van der Waals surface area contributed by atoms with Crippen LogP contribution in [0, 0.1) is 0 Å². The maximum absolute atomic E-state index is 12.3. The van der Waals surface area contributed by atoms with Crippen molar-refractivity contribution in [2.45, 2.75) is 0 Å². The Kier molecular flexibility index (Phi) is 4.00. The Balaban J connectivity index is 2.34. The number of hydrogen-bond donors (Lipinski definition) is 1. The first kappa shape index (κ1) is 14.0. The third-order valence-corrected chi connectivity index (χ3v) is 3.08. The molecule has 102 valence electrons. The summed E-state index contributed by atoms with van der Waals surface area (Å²) in [7, 11) is 1.55. The molecule has 1 heterocycles. The molecular formula is C14H11ClN2O3. The van der Waals surface area contributed by atoms with Crippen LogP contribution in [0.1, 0.15) is 20.7 Å². The van der Waals surface area contributed by atoms with Crippen LogP contribution in [0.2, 0.25) is 5.15 Å². The van der Waals surface area contributed by atoms with Crippen molar-refractivity contribution in [3.63, 3.8) is 0 Å². The van der Waals surface area contributed by atoms with E-state index < -0.39 is 5.97 Å². The Labute approximate surface area is 120 Å². The molecule has 0 bridgehead atoms. The Hall–Kier alpha value is -2.40. The molecule has 20 heavy (non-hydrogen) atoms. The maximum Gasteiger partial charge on any atom is 0.335 e. The van der Waals surface area contributed by atoms with Crippen LogP contribution in [0.25, 0.3) is 0 Å². The van der Waals surface area contributed by atoms with Crippen molar-refractivity contribution < 1.29 is 14.7 Å². The van der Waals surface area contributed by atoms with Gasteiger partial charge in [-0.25, -0.2) is 9.78 Å². The fourth-order valence-corrected chi connectivity index (χ4v) is 1.89. The number of pyridine rings is 1. The molecule has 0 radical (unpaired) electrons. The molecule has 0 aliphatic heterocycles. The lowest BCUT2D eigenvalue weighted by atomic mass is 10.1. The van der Waals surface area contributed by atoms with Gasteiger partial charge in [-0.3, -0.25) is 4.79 Å². The molecule has 0 atom stereocenters. The van der Waals surface area contributed by atoms with Crippen molar-refractivity contribution in [2.24, 2.45) is 0 Å². The first-order valence-electron chi connectivity index (χ1n) is 5.72. The third-order valence-electron chi connectivity index (χ3n) is 2.77. The summed E-state index contributed by atoms with van der Waals surface area (Å²) >= 11 is 5.88.